The highest BCUT2D eigenvalue weighted by Gasteiger charge is 2.14. The van der Waals surface area contributed by atoms with Gasteiger partial charge in [-0.2, -0.15) is 0 Å². The smallest absolute Gasteiger partial charge is 0.325 e. The van der Waals surface area contributed by atoms with Crippen LogP contribution in [-0.4, -0.2) is 36.3 Å². The molecule has 9 heteroatoms. The summed E-state index contributed by atoms with van der Waals surface area (Å²) in [5, 5.41) is 20.6. The third-order valence-corrected chi connectivity index (χ3v) is 3.52. The molecule has 9 nitrogen and oxygen atoms in total. The molecular formula is C15H9N5O4. The summed E-state index contributed by atoms with van der Waals surface area (Å²) in [5.74, 6) is -0.814. The third-order valence-electron chi connectivity index (χ3n) is 3.52. The first kappa shape index (κ1) is 14.0. The Labute approximate surface area is 133 Å². The number of nitrogens with zero attached hydrogens (tertiary/aromatic N) is 5. The maximum absolute atomic E-state index is 12.6. The molecular weight excluding hydrogens is 314 g/mol. The van der Waals surface area contributed by atoms with Crippen molar-refractivity contribution < 1.29 is 14.3 Å². The fourth-order valence-corrected chi connectivity index (χ4v) is 2.48. The minimum absolute atomic E-state index is 0.224. The van der Waals surface area contributed by atoms with Gasteiger partial charge in [0, 0.05) is 11.8 Å². The molecule has 0 atom stereocenters. The normalized spacial score (nSPS) is 11.2. The van der Waals surface area contributed by atoms with Crippen LogP contribution in [0.5, 0.6) is 0 Å². The van der Waals surface area contributed by atoms with Crippen LogP contribution in [0.2, 0.25) is 0 Å². The molecule has 0 bridgehead atoms. The van der Waals surface area contributed by atoms with Gasteiger partial charge >= 0.3 is 5.97 Å². The van der Waals surface area contributed by atoms with Crippen LogP contribution in [0.15, 0.2) is 45.7 Å². The molecule has 0 unspecified atom stereocenters. The van der Waals surface area contributed by atoms with Crippen molar-refractivity contribution in [2.24, 2.45) is 0 Å². The first-order valence-corrected chi connectivity index (χ1v) is 6.93. The van der Waals surface area contributed by atoms with Crippen LogP contribution in [0, 0.1) is 0 Å². The summed E-state index contributed by atoms with van der Waals surface area (Å²) in [6, 6.07) is 8.14. The van der Waals surface area contributed by atoms with Gasteiger partial charge in [-0.3, -0.25) is 9.59 Å². The first-order chi connectivity index (χ1) is 11.6. The van der Waals surface area contributed by atoms with Gasteiger partial charge in [0.05, 0.1) is 10.8 Å². The predicted molar refractivity (Wildman–Crippen MR) is 82.2 cm³/mol. The molecule has 0 saturated heterocycles. The number of fused-ring (bicyclic) bond motifs is 2. The number of pyridine rings is 1. The lowest BCUT2D eigenvalue weighted by atomic mass is 10.1. The summed E-state index contributed by atoms with van der Waals surface area (Å²) in [4.78, 5) is 27.5. The Morgan fingerprint density at radius 3 is 2.96 bits per heavy atom. The van der Waals surface area contributed by atoms with Gasteiger partial charge in [-0.1, -0.05) is 0 Å². The number of hydrogen-bond donors (Lipinski definition) is 1. The number of aliphatic carboxylic acids is 1. The summed E-state index contributed by atoms with van der Waals surface area (Å²) in [6.45, 7) is -0.378. The van der Waals surface area contributed by atoms with E-state index in [0.717, 1.165) is 4.68 Å². The van der Waals surface area contributed by atoms with Crippen LogP contribution in [-0.2, 0) is 11.3 Å². The zero-order valence-electron chi connectivity index (χ0n) is 12.1. The third kappa shape index (κ3) is 2.19. The van der Waals surface area contributed by atoms with Crippen LogP contribution in [0.25, 0.3) is 33.5 Å². The average molecular weight is 323 g/mol. The van der Waals surface area contributed by atoms with Crippen LogP contribution in [0.4, 0.5) is 0 Å². The van der Waals surface area contributed by atoms with E-state index < -0.39 is 5.97 Å². The Morgan fingerprint density at radius 1 is 1.25 bits per heavy atom. The molecule has 0 spiro atoms. The van der Waals surface area contributed by atoms with Crippen molar-refractivity contribution in [1.82, 2.24) is 25.2 Å². The molecule has 0 aliphatic heterocycles. The van der Waals surface area contributed by atoms with Crippen LogP contribution >= 0.6 is 0 Å². The Morgan fingerprint density at radius 2 is 2.12 bits per heavy atom. The lowest BCUT2D eigenvalue weighted by molar-refractivity contribution is -0.137. The van der Waals surface area contributed by atoms with Gasteiger partial charge < -0.3 is 9.52 Å². The summed E-state index contributed by atoms with van der Waals surface area (Å²) in [7, 11) is 0. The van der Waals surface area contributed by atoms with E-state index in [4.69, 9.17) is 9.52 Å². The highest BCUT2D eigenvalue weighted by Crippen LogP contribution is 2.23. The van der Waals surface area contributed by atoms with E-state index in [1.165, 1.54) is 0 Å². The molecule has 0 amide bonds. The molecule has 0 radical (unpaired) electrons. The van der Waals surface area contributed by atoms with Gasteiger partial charge in [-0.25, -0.2) is 9.67 Å². The molecule has 118 valence electrons. The molecule has 24 heavy (non-hydrogen) atoms. The van der Waals surface area contributed by atoms with E-state index in [-0.39, 0.29) is 23.5 Å². The Kier molecular flexibility index (Phi) is 3.05. The van der Waals surface area contributed by atoms with Crippen molar-refractivity contribution >= 4 is 28.0 Å². The summed E-state index contributed by atoms with van der Waals surface area (Å²) >= 11 is 0. The second-order valence-corrected chi connectivity index (χ2v) is 5.05. The van der Waals surface area contributed by atoms with Crippen molar-refractivity contribution in [2.45, 2.75) is 6.54 Å². The zero-order valence-corrected chi connectivity index (χ0v) is 12.1. The minimum Gasteiger partial charge on any atom is -0.480 e. The Hall–Kier alpha value is -3.62. The van der Waals surface area contributed by atoms with Gasteiger partial charge in [0.1, 0.15) is 12.1 Å². The van der Waals surface area contributed by atoms with Crippen molar-refractivity contribution in [3.05, 3.63) is 46.8 Å². The highest BCUT2D eigenvalue weighted by atomic mass is 16.4. The standard InChI is InChI=1S/C15H9N5O4/c21-12(22)7-20-14(17-18-19-20)8-3-4-11-10(6-8)13(23)9-2-1-5-16-15(9)24-11/h1-6H,7H2,(H,21,22). The first-order valence-electron chi connectivity index (χ1n) is 6.93. The van der Waals surface area contributed by atoms with Crippen LogP contribution in [0.1, 0.15) is 0 Å². The molecule has 0 aliphatic rings. The van der Waals surface area contributed by atoms with Crippen LogP contribution < -0.4 is 5.43 Å². The molecule has 3 heterocycles. The SMILES string of the molecule is O=C(O)Cn1nnnc1-c1ccc2oc3ncccc3c(=O)c2c1. The molecule has 1 N–H and O–H groups in total. The second kappa shape index (κ2) is 5.23. The van der Waals surface area contributed by atoms with Crippen molar-refractivity contribution in [3.8, 4) is 11.4 Å². The lowest BCUT2D eigenvalue weighted by Crippen LogP contribution is -2.11. The van der Waals surface area contributed by atoms with E-state index in [2.05, 4.69) is 20.5 Å². The van der Waals surface area contributed by atoms with E-state index >= 15 is 0 Å². The summed E-state index contributed by atoms with van der Waals surface area (Å²) < 4.78 is 6.78. The number of tetrazole rings is 1. The lowest BCUT2D eigenvalue weighted by Gasteiger charge is -2.04. The number of carboxylic acids is 1. The van der Waals surface area contributed by atoms with E-state index in [1.807, 2.05) is 0 Å². The Balaban J connectivity index is 1.94. The number of hydrogen-bond acceptors (Lipinski definition) is 7. The van der Waals surface area contributed by atoms with Crippen molar-refractivity contribution in [2.75, 3.05) is 0 Å². The van der Waals surface area contributed by atoms with Gasteiger partial charge in [0.25, 0.3) is 0 Å². The molecule has 4 aromatic rings. The number of benzene rings is 1. The average Bonchev–Trinajstić information content (AvgIpc) is 3.02. The highest BCUT2D eigenvalue weighted by molar-refractivity contribution is 5.90. The molecule has 1 aromatic carbocycles. The van der Waals surface area contributed by atoms with E-state index in [1.54, 1.807) is 36.5 Å². The van der Waals surface area contributed by atoms with Crippen LogP contribution in [0.3, 0.4) is 0 Å². The minimum atomic E-state index is -1.07. The molecule has 0 saturated carbocycles. The zero-order chi connectivity index (χ0) is 16.7. The fraction of sp³-hybridized carbons (Fsp3) is 0.0667. The monoisotopic (exact) mass is 323 g/mol. The number of carbonyl (C=O) groups is 1. The molecule has 3 aromatic heterocycles. The van der Waals surface area contributed by atoms with Gasteiger partial charge in [-0.15, -0.1) is 5.10 Å². The largest absolute Gasteiger partial charge is 0.480 e. The number of aromatic nitrogens is 5. The Bertz CT molecular complexity index is 1150. The number of carboxylic acid groups (broad SMARTS) is 1. The number of rotatable bonds is 3. The van der Waals surface area contributed by atoms with Crippen molar-refractivity contribution in [1.29, 1.82) is 0 Å². The quantitative estimate of drug-likeness (QED) is 0.555. The molecule has 0 fully saturated rings. The second-order valence-electron chi connectivity index (χ2n) is 5.05. The fourth-order valence-electron chi connectivity index (χ4n) is 2.48. The van der Waals surface area contributed by atoms with E-state index in [9.17, 15) is 9.59 Å². The van der Waals surface area contributed by atoms with Gasteiger partial charge in [-0.05, 0) is 40.8 Å². The summed E-state index contributed by atoms with van der Waals surface area (Å²) in [5.41, 5.74) is 0.938. The van der Waals surface area contributed by atoms with Crippen molar-refractivity contribution in [3.63, 3.8) is 0 Å². The topological polar surface area (TPSA) is 124 Å². The maximum Gasteiger partial charge on any atom is 0.325 e. The molecule has 4 rings (SSSR count). The predicted octanol–water partition coefficient (Wildman–Crippen LogP) is 1.08. The van der Waals surface area contributed by atoms with Gasteiger partial charge in [0.2, 0.25) is 11.1 Å². The van der Waals surface area contributed by atoms with E-state index in [0.29, 0.717) is 21.9 Å². The van der Waals surface area contributed by atoms with Gasteiger partial charge in [0.15, 0.2) is 5.82 Å². The summed E-state index contributed by atoms with van der Waals surface area (Å²) in [6.07, 6.45) is 1.55. The maximum atomic E-state index is 12.6. The molecule has 0 aliphatic carbocycles.